The van der Waals surface area contributed by atoms with Gasteiger partial charge in [0, 0.05) is 0 Å². The Bertz CT molecular complexity index is 799. The zero-order valence-corrected chi connectivity index (χ0v) is 19.5. The van der Waals surface area contributed by atoms with Crippen molar-refractivity contribution in [2.24, 2.45) is 0 Å². The summed E-state index contributed by atoms with van der Waals surface area (Å²) >= 11 is -0.00722. The van der Waals surface area contributed by atoms with Gasteiger partial charge < -0.3 is 0 Å². The van der Waals surface area contributed by atoms with Crippen molar-refractivity contribution in [3.05, 3.63) is 106 Å². The molecule has 0 aromatic heterocycles. The molecule has 0 atom stereocenters. The van der Waals surface area contributed by atoms with Crippen molar-refractivity contribution in [3.8, 4) is 0 Å². The monoisotopic (exact) mass is 537 g/mol. The molecule has 0 saturated carbocycles. The summed E-state index contributed by atoms with van der Waals surface area (Å²) in [6.45, 7) is 12.8. The van der Waals surface area contributed by atoms with Gasteiger partial charge >= 0.3 is 100.0 Å². The molecular weight excluding hydrogens is 507 g/mol. The van der Waals surface area contributed by atoms with Gasteiger partial charge in [-0.05, 0) is 38.8 Å². The van der Waals surface area contributed by atoms with Crippen molar-refractivity contribution in [1.29, 1.82) is 0 Å². The number of benzene rings is 2. The van der Waals surface area contributed by atoms with E-state index in [0.717, 1.165) is 0 Å². The van der Waals surface area contributed by atoms with E-state index >= 15 is 0 Å². The predicted octanol–water partition coefficient (Wildman–Crippen LogP) is 6.12. The molecule has 0 fully saturated rings. The third kappa shape index (κ3) is 7.69. The standard InChI is InChI=1S/C12H16.2C7H7.Pt/c1-9-5-6-10(2)8-12(4)11(3)7-9;2*1-7-5-3-2-4-6-7;/h5-8H,1-4H3;2*3-6H,1H3;. The van der Waals surface area contributed by atoms with Crippen LogP contribution in [0, 0.1) is 13.8 Å². The number of hydrogen-bond donors (Lipinski definition) is 0. The average molecular weight is 538 g/mol. The first kappa shape index (κ1) is 21.4. The Morgan fingerprint density at radius 1 is 0.481 bits per heavy atom. The van der Waals surface area contributed by atoms with Crippen molar-refractivity contribution >= 4 is 7.91 Å². The van der Waals surface area contributed by atoms with Crippen LogP contribution in [0.4, 0.5) is 0 Å². The van der Waals surface area contributed by atoms with Gasteiger partial charge in [0.25, 0.3) is 0 Å². The summed E-state index contributed by atoms with van der Waals surface area (Å²) in [5, 5.41) is 0. The second-order valence-corrected chi connectivity index (χ2v) is 10.3. The summed E-state index contributed by atoms with van der Waals surface area (Å²) < 4.78 is 2.98. The Hall–Kier alpha value is -1.91. The third-order valence-electron chi connectivity index (χ3n) is 4.28. The molecule has 0 heterocycles. The topological polar surface area (TPSA) is 0 Å². The van der Waals surface area contributed by atoms with E-state index in [9.17, 15) is 0 Å². The van der Waals surface area contributed by atoms with Crippen LogP contribution >= 0.6 is 0 Å². The molecular formula is C26H30Pt. The molecule has 1 aliphatic carbocycles. The molecule has 0 aliphatic heterocycles. The van der Waals surface area contributed by atoms with E-state index in [1.165, 1.54) is 41.3 Å². The maximum atomic E-state index is 2.25. The van der Waals surface area contributed by atoms with Gasteiger partial charge in [-0.15, -0.1) is 0 Å². The molecule has 2 aromatic rings. The van der Waals surface area contributed by atoms with E-state index in [2.05, 4.69) is 114 Å². The molecule has 0 saturated heterocycles. The van der Waals surface area contributed by atoms with Crippen LogP contribution in [0.2, 0.25) is 0 Å². The molecule has 0 amide bonds. The van der Waals surface area contributed by atoms with Gasteiger partial charge in [-0.25, -0.2) is 0 Å². The number of rotatable bonds is 2. The van der Waals surface area contributed by atoms with E-state index < -0.39 is 0 Å². The van der Waals surface area contributed by atoms with Gasteiger partial charge in [0.2, 0.25) is 0 Å². The maximum absolute atomic E-state index is 2.25. The molecule has 0 N–H and O–H groups in total. The number of allylic oxidation sites excluding steroid dienone is 8. The molecule has 0 bridgehead atoms. The molecule has 3 rings (SSSR count). The van der Waals surface area contributed by atoms with Crippen LogP contribution in [0.25, 0.3) is 0 Å². The van der Waals surface area contributed by atoms with E-state index in [1.54, 1.807) is 0 Å². The van der Waals surface area contributed by atoms with E-state index in [-0.39, 0.29) is 18.6 Å². The second kappa shape index (κ2) is 10.4. The zero-order valence-electron chi connectivity index (χ0n) is 17.2. The molecule has 0 spiro atoms. The molecule has 2 aromatic carbocycles. The summed E-state index contributed by atoms with van der Waals surface area (Å²) in [5.41, 5.74) is 8.03. The van der Waals surface area contributed by atoms with Gasteiger partial charge in [-0.1, -0.05) is 35.5 Å². The Morgan fingerprint density at radius 2 is 0.815 bits per heavy atom. The van der Waals surface area contributed by atoms with Gasteiger partial charge in [-0.2, -0.15) is 0 Å². The summed E-state index contributed by atoms with van der Waals surface area (Å²) in [5.74, 6) is 0. The average Bonchev–Trinajstić information content (AvgIpc) is 2.63. The summed E-state index contributed by atoms with van der Waals surface area (Å²) in [6, 6.07) is 17.8. The fourth-order valence-electron chi connectivity index (χ4n) is 2.53. The van der Waals surface area contributed by atoms with Crippen LogP contribution in [-0.2, 0) is 18.6 Å². The van der Waals surface area contributed by atoms with E-state index in [4.69, 9.17) is 0 Å². The molecule has 1 aliphatic rings. The Kier molecular flexibility index (Phi) is 8.26. The van der Waals surface area contributed by atoms with Crippen LogP contribution in [0.5, 0.6) is 0 Å². The summed E-state index contributed by atoms with van der Waals surface area (Å²) in [7, 11) is 0. The fraction of sp³-hybridized carbons (Fsp3) is 0.231. The quantitative estimate of drug-likeness (QED) is 0.433. The van der Waals surface area contributed by atoms with Crippen LogP contribution in [0.3, 0.4) is 0 Å². The molecule has 0 nitrogen and oxygen atoms in total. The van der Waals surface area contributed by atoms with Gasteiger partial charge in [0.1, 0.15) is 0 Å². The van der Waals surface area contributed by atoms with E-state index in [0.29, 0.717) is 0 Å². The molecule has 0 unspecified atom stereocenters. The Morgan fingerprint density at radius 3 is 1.15 bits per heavy atom. The number of aryl methyl sites for hydroxylation is 2. The summed E-state index contributed by atoms with van der Waals surface area (Å²) in [4.78, 5) is 0. The Labute approximate surface area is 174 Å². The molecule has 144 valence electrons. The van der Waals surface area contributed by atoms with Crippen LogP contribution in [0.15, 0.2) is 95.1 Å². The minimum absolute atomic E-state index is 0.00722. The first-order chi connectivity index (χ1) is 12.8. The van der Waals surface area contributed by atoms with Gasteiger partial charge in [-0.3, -0.25) is 0 Å². The SMILES string of the molecule is CC1=CC(C)=C(C)C=C(C)C=C1.Cc1cc[c]([Pt][c]2ccc(C)cc2)cc1. The second-order valence-electron chi connectivity index (χ2n) is 7.07. The van der Waals surface area contributed by atoms with Crippen molar-refractivity contribution in [1.82, 2.24) is 0 Å². The van der Waals surface area contributed by atoms with Gasteiger partial charge in [0.15, 0.2) is 0 Å². The molecule has 27 heavy (non-hydrogen) atoms. The van der Waals surface area contributed by atoms with Crippen molar-refractivity contribution < 1.29 is 18.6 Å². The first-order valence-electron chi connectivity index (χ1n) is 9.27. The first-order valence-corrected chi connectivity index (χ1v) is 11.5. The van der Waals surface area contributed by atoms with Crippen LogP contribution in [-0.4, -0.2) is 0 Å². The van der Waals surface area contributed by atoms with Crippen molar-refractivity contribution in [2.75, 3.05) is 0 Å². The van der Waals surface area contributed by atoms with Crippen molar-refractivity contribution in [3.63, 3.8) is 0 Å². The molecule has 1 heteroatoms. The zero-order chi connectivity index (χ0) is 19.8. The minimum atomic E-state index is -0.00722. The van der Waals surface area contributed by atoms with Gasteiger partial charge in [0.05, 0.1) is 0 Å². The van der Waals surface area contributed by atoms with E-state index in [1.807, 2.05) is 0 Å². The van der Waals surface area contributed by atoms with Crippen LogP contribution < -0.4 is 7.91 Å². The fourth-order valence-corrected chi connectivity index (χ4v) is 4.80. The molecule has 0 radical (unpaired) electrons. The predicted molar refractivity (Wildman–Crippen MR) is 117 cm³/mol. The Balaban J connectivity index is 0.000000199. The summed E-state index contributed by atoms with van der Waals surface area (Å²) in [6.07, 6.45) is 8.74. The number of hydrogen-bond acceptors (Lipinski definition) is 0. The van der Waals surface area contributed by atoms with Crippen molar-refractivity contribution in [2.45, 2.75) is 41.5 Å². The normalized spacial score (nSPS) is 14.0. The third-order valence-corrected chi connectivity index (χ3v) is 7.11. The van der Waals surface area contributed by atoms with Crippen LogP contribution in [0.1, 0.15) is 38.8 Å².